The second kappa shape index (κ2) is 7.60. The number of ether oxygens (including phenoxy) is 1. The third-order valence-electron chi connectivity index (χ3n) is 5.20. The summed E-state index contributed by atoms with van der Waals surface area (Å²) in [4.78, 5) is 36.4. The van der Waals surface area contributed by atoms with Crippen LogP contribution in [0.4, 0.5) is 5.69 Å². The summed E-state index contributed by atoms with van der Waals surface area (Å²) in [6, 6.07) is 13.4. The number of non-ortho nitro benzene ring substituents is 1. The molecule has 0 fully saturated rings. The molecule has 0 atom stereocenters. The van der Waals surface area contributed by atoms with Gasteiger partial charge in [0.2, 0.25) is 0 Å². The molecule has 0 saturated carbocycles. The normalized spacial score (nSPS) is 11.1. The Morgan fingerprint density at radius 2 is 1.74 bits per heavy atom. The summed E-state index contributed by atoms with van der Waals surface area (Å²) in [6.07, 6.45) is 1.70. The Kier molecular flexibility index (Phi) is 4.94. The Morgan fingerprint density at radius 3 is 2.39 bits per heavy atom. The van der Waals surface area contributed by atoms with E-state index in [2.05, 4.69) is 0 Å². The van der Waals surface area contributed by atoms with Gasteiger partial charge in [-0.3, -0.25) is 24.0 Å². The van der Waals surface area contributed by atoms with E-state index in [-0.39, 0.29) is 5.69 Å². The van der Waals surface area contributed by atoms with Crippen LogP contribution in [0.5, 0.6) is 5.75 Å². The van der Waals surface area contributed by atoms with Crippen LogP contribution in [0.25, 0.3) is 27.8 Å². The number of hydrogen-bond acceptors (Lipinski definition) is 5. The van der Waals surface area contributed by atoms with E-state index in [0.717, 1.165) is 10.3 Å². The maximum absolute atomic E-state index is 13.1. The van der Waals surface area contributed by atoms with Crippen LogP contribution in [0.3, 0.4) is 0 Å². The molecule has 0 radical (unpaired) electrons. The van der Waals surface area contributed by atoms with Crippen LogP contribution in [0.1, 0.15) is 6.92 Å². The van der Waals surface area contributed by atoms with Gasteiger partial charge < -0.3 is 9.30 Å². The van der Waals surface area contributed by atoms with Crippen LogP contribution >= 0.6 is 0 Å². The number of fused-ring (bicyclic) bond motifs is 1. The fourth-order valence-electron chi connectivity index (χ4n) is 3.66. The summed E-state index contributed by atoms with van der Waals surface area (Å²) in [5, 5.41) is 11.6. The maximum atomic E-state index is 13.1. The Bertz CT molecular complexity index is 1430. The van der Waals surface area contributed by atoms with Gasteiger partial charge in [0.15, 0.2) is 0 Å². The van der Waals surface area contributed by atoms with Crippen molar-refractivity contribution in [3.05, 3.63) is 85.7 Å². The van der Waals surface area contributed by atoms with Crippen molar-refractivity contribution in [2.75, 3.05) is 6.61 Å². The molecule has 2 aromatic carbocycles. The SMILES string of the molecule is CCOc1ccc(-n2cc3c(c2-c2cccc([N+](=O)[O-])c2)c(=O)n(C)c(=O)n3C)cc1. The van der Waals surface area contributed by atoms with E-state index in [9.17, 15) is 19.7 Å². The topological polar surface area (TPSA) is 101 Å². The molecular formula is C22H20N4O5. The molecule has 2 aromatic heterocycles. The monoisotopic (exact) mass is 420 g/mol. The van der Waals surface area contributed by atoms with E-state index in [1.807, 2.05) is 19.1 Å². The van der Waals surface area contributed by atoms with Crippen LogP contribution < -0.4 is 16.0 Å². The molecule has 0 spiro atoms. The zero-order chi connectivity index (χ0) is 22.3. The molecule has 0 amide bonds. The number of nitro benzene ring substituents is 1. The third-order valence-corrected chi connectivity index (χ3v) is 5.20. The van der Waals surface area contributed by atoms with Crippen LogP contribution in [-0.2, 0) is 14.1 Å². The smallest absolute Gasteiger partial charge is 0.330 e. The van der Waals surface area contributed by atoms with Crippen molar-refractivity contribution in [3.63, 3.8) is 0 Å². The van der Waals surface area contributed by atoms with Crippen LogP contribution in [-0.4, -0.2) is 25.2 Å². The van der Waals surface area contributed by atoms with Gasteiger partial charge in [-0.1, -0.05) is 12.1 Å². The van der Waals surface area contributed by atoms with Gasteiger partial charge in [0.25, 0.3) is 11.2 Å². The third kappa shape index (κ3) is 3.29. The zero-order valence-electron chi connectivity index (χ0n) is 17.2. The Morgan fingerprint density at radius 1 is 1.03 bits per heavy atom. The van der Waals surface area contributed by atoms with Crippen LogP contribution in [0, 0.1) is 10.1 Å². The van der Waals surface area contributed by atoms with E-state index in [1.165, 1.54) is 23.7 Å². The van der Waals surface area contributed by atoms with Crippen LogP contribution in [0.15, 0.2) is 64.3 Å². The molecule has 0 aliphatic carbocycles. The number of benzene rings is 2. The summed E-state index contributed by atoms with van der Waals surface area (Å²) in [6.45, 7) is 2.42. The maximum Gasteiger partial charge on any atom is 0.330 e. The van der Waals surface area contributed by atoms with Crippen molar-refractivity contribution in [1.82, 2.24) is 13.7 Å². The summed E-state index contributed by atoms with van der Waals surface area (Å²) < 4.78 is 9.69. The molecule has 0 N–H and O–H groups in total. The lowest BCUT2D eigenvalue weighted by Crippen LogP contribution is -2.36. The summed E-state index contributed by atoms with van der Waals surface area (Å²) in [7, 11) is 3.00. The molecule has 4 rings (SSSR count). The largest absolute Gasteiger partial charge is 0.494 e. The van der Waals surface area contributed by atoms with Gasteiger partial charge in [0.05, 0.1) is 28.1 Å². The minimum Gasteiger partial charge on any atom is -0.494 e. The Hall–Kier alpha value is -4.14. The molecule has 4 aromatic rings. The first-order valence-corrected chi connectivity index (χ1v) is 9.62. The predicted octanol–water partition coefficient (Wildman–Crippen LogP) is 3.00. The summed E-state index contributed by atoms with van der Waals surface area (Å²) in [5.74, 6) is 0.697. The van der Waals surface area contributed by atoms with Gasteiger partial charge in [-0.2, -0.15) is 0 Å². The minimum absolute atomic E-state index is 0.0910. The molecule has 0 aliphatic heterocycles. The summed E-state index contributed by atoms with van der Waals surface area (Å²) >= 11 is 0. The molecule has 0 bridgehead atoms. The molecule has 0 unspecified atom stereocenters. The first-order valence-electron chi connectivity index (χ1n) is 9.62. The fraction of sp³-hybridized carbons (Fsp3) is 0.182. The zero-order valence-corrected chi connectivity index (χ0v) is 17.2. The number of aryl methyl sites for hydroxylation is 1. The van der Waals surface area contributed by atoms with Gasteiger partial charge in [0, 0.05) is 43.7 Å². The highest BCUT2D eigenvalue weighted by atomic mass is 16.6. The van der Waals surface area contributed by atoms with E-state index < -0.39 is 16.2 Å². The van der Waals surface area contributed by atoms with Crippen molar-refractivity contribution in [3.8, 4) is 22.7 Å². The molecule has 9 nitrogen and oxygen atoms in total. The van der Waals surface area contributed by atoms with Gasteiger partial charge in [-0.25, -0.2) is 4.79 Å². The van der Waals surface area contributed by atoms with E-state index in [4.69, 9.17) is 4.74 Å². The second-order valence-corrected chi connectivity index (χ2v) is 7.05. The lowest BCUT2D eigenvalue weighted by Gasteiger charge is -2.11. The highest BCUT2D eigenvalue weighted by Crippen LogP contribution is 2.33. The van der Waals surface area contributed by atoms with Crippen molar-refractivity contribution in [1.29, 1.82) is 0 Å². The molecule has 2 heterocycles. The first-order chi connectivity index (χ1) is 14.8. The van der Waals surface area contributed by atoms with Crippen molar-refractivity contribution in [2.45, 2.75) is 6.92 Å². The number of nitrogens with zero attached hydrogens (tertiary/aromatic N) is 4. The minimum atomic E-state index is -0.482. The highest BCUT2D eigenvalue weighted by Gasteiger charge is 2.21. The molecular weight excluding hydrogens is 400 g/mol. The van der Waals surface area contributed by atoms with E-state index in [1.54, 1.807) is 42.1 Å². The fourth-order valence-corrected chi connectivity index (χ4v) is 3.66. The van der Waals surface area contributed by atoms with Gasteiger partial charge in [-0.15, -0.1) is 0 Å². The molecule has 31 heavy (non-hydrogen) atoms. The average Bonchev–Trinajstić information content (AvgIpc) is 3.18. The second-order valence-electron chi connectivity index (χ2n) is 7.05. The lowest BCUT2D eigenvalue weighted by molar-refractivity contribution is -0.384. The van der Waals surface area contributed by atoms with Crippen molar-refractivity contribution in [2.24, 2.45) is 14.1 Å². The van der Waals surface area contributed by atoms with E-state index >= 15 is 0 Å². The lowest BCUT2D eigenvalue weighted by atomic mass is 10.1. The average molecular weight is 420 g/mol. The highest BCUT2D eigenvalue weighted by molar-refractivity contribution is 5.95. The number of rotatable bonds is 5. The van der Waals surface area contributed by atoms with Gasteiger partial charge >= 0.3 is 5.69 Å². The quantitative estimate of drug-likeness (QED) is 0.365. The van der Waals surface area contributed by atoms with Crippen molar-refractivity contribution < 1.29 is 9.66 Å². The molecule has 0 aliphatic rings. The Balaban J connectivity index is 2.10. The number of hydrogen-bond donors (Lipinski definition) is 0. The molecule has 0 saturated heterocycles. The van der Waals surface area contributed by atoms with Crippen molar-refractivity contribution >= 4 is 16.6 Å². The van der Waals surface area contributed by atoms with E-state index in [0.29, 0.717) is 34.5 Å². The van der Waals surface area contributed by atoms with Gasteiger partial charge in [0.1, 0.15) is 5.75 Å². The molecule has 158 valence electrons. The predicted molar refractivity (Wildman–Crippen MR) is 117 cm³/mol. The molecule has 9 heteroatoms. The summed E-state index contributed by atoms with van der Waals surface area (Å²) in [5.41, 5.74) is 1.11. The number of nitro groups is 1. The Labute approximate surface area is 176 Å². The van der Waals surface area contributed by atoms with Gasteiger partial charge in [-0.05, 0) is 31.2 Å². The van der Waals surface area contributed by atoms with Crippen LogP contribution in [0.2, 0.25) is 0 Å². The standard InChI is InChI=1S/C22H20N4O5/c1-4-31-17-10-8-15(9-11-17)25-13-18-19(21(27)24(3)22(28)23(18)2)20(25)14-6-5-7-16(12-14)26(29)30/h5-13H,4H2,1-3H3. The number of aromatic nitrogens is 3. The first kappa shape index (κ1) is 20.1.